The molecule has 4 nitrogen and oxygen atoms in total. The summed E-state index contributed by atoms with van der Waals surface area (Å²) in [5.74, 6) is -1.04. The van der Waals surface area contributed by atoms with Crippen LogP contribution in [0.1, 0.15) is 31.3 Å². The molecule has 6 heteroatoms. The van der Waals surface area contributed by atoms with Gasteiger partial charge in [0.1, 0.15) is 11.6 Å². The Balaban J connectivity index is 1.88. The van der Waals surface area contributed by atoms with E-state index in [4.69, 9.17) is 0 Å². The lowest BCUT2D eigenvalue weighted by Crippen LogP contribution is -2.46. The van der Waals surface area contributed by atoms with Crippen molar-refractivity contribution < 1.29 is 13.6 Å². The standard InChI is InChI=1S/C18H21F2N3O/c1-11(2)17-16-7-4-12(3)22(16)8-9-23(17)18(24)21-15-10-13(19)5-6-14(15)20/h4-7,10-11,17H,8-9H2,1-3H3,(H,21,24)/t17-/m0/s1. The minimum Gasteiger partial charge on any atom is -0.345 e. The Morgan fingerprint density at radius 2 is 1.96 bits per heavy atom. The fraction of sp³-hybridized carbons (Fsp3) is 0.389. The predicted molar refractivity (Wildman–Crippen MR) is 88.8 cm³/mol. The third kappa shape index (κ3) is 2.88. The first-order chi connectivity index (χ1) is 11.4. The first-order valence-electron chi connectivity index (χ1n) is 8.07. The number of hydrogen-bond donors (Lipinski definition) is 1. The van der Waals surface area contributed by atoms with E-state index in [1.807, 2.05) is 32.9 Å². The van der Waals surface area contributed by atoms with Crippen LogP contribution in [0.4, 0.5) is 19.3 Å². The Hall–Kier alpha value is -2.37. The van der Waals surface area contributed by atoms with Crippen molar-refractivity contribution in [3.8, 4) is 0 Å². The van der Waals surface area contributed by atoms with Crippen LogP contribution in [0.5, 0.6) is 0 Å². The van der Waals surface area contributed by atoms with Crippen LogP contribution in [0.25, 0.3) is 0 Å². The number of rotatable bonds is 2. The highest BCUT2D eigenvalue weighted by molar-refractivity contribution is 5.89. The number of amides is 2. The van der Waals surface area contributed by atoms with E-state index >= 15 is 0 Å². The molecule has 24 heavy (non-hydrogen) atoms. The van der Waals surface area contributed by atoms with Crippen LogP contribution in [0.15, 0.2) is 30.3 Å². The second kappa shape index (κ2) is 6.26. The maximum atomic E-state index is 13.8. The first-order valence-corrected chi connectivity index (χ1v) is 8.07. The normalized spacial score (nSPS) is 17.1. The average molecular weight is 333 g/mol. The molecule has 2 amide bonds. The number of carbonyl (C=O) groups is 1. The highest BCUT2D eigenvalue weighted by Crippen LogP contribution is 2.34. The Labute approximate surface area is 140 Å². The number of anilines is 1. The van der Waals surface area contributed by atoms with Gasteiger partial charge in [0.25, 0.3) is 0 Å². The molecule has 3 rings (SSSR count). The molecular weight excluding hydrogens is 312 g/mol. The van der Waals surface area contributed by atoms with Crippen molar-refractivity contribution in [2.75, 3.05) is 11.9 Å². The number of fused-ring (bicyclic) bond motifs is 1. The summed E-state index contributed by atoms with van der Waals surface area (Å²) in [4.78, 5) is 14.4. The lowest BCUT2D eigenvalue weighted by Gasteiger charge is -2.39. The monoisotopic (exact) mass is 333 g/mol. The topological polar surface area (TPSA) is 37.3 Å². The van der Waals surface area contributed by atoms with Crippen LogP contribution in [0.2, 0.25) is 0 Å². The number of aryl methyl sites for hydroxylation is 1. The molecule has 1 N–H and O–H groups in total. The zero-order chi connectivity index (χ0) is 17.4. The summed E-state index contributed by atoms with van der Waals surface area (Å²) in [5.41, 5.74) is 2.09. The number of halogens is 2. The Bertz CT molecular complexity index is 770. The van der Waals surface area contributed by atoms with Crippen molar-refractivity contribution in [2.45, 2.75) is 33.4 Å². The summed E-state index contributed by atoms with van der Waals surface area (Å²) >= 11 is 0. The minimum absolute atomic E-state index is 0.107. The zero-order valence-corrected chi connectivity index (χ0v) is 14.0. The maximum absolute atomic E-state index is 13.8. The summed E-state index contributed by atoms with van der Waals surface area (Å²) in [7, 11) is 0. The fourth-order valence-corrected chi connectivity index (χ4v) is 3.37. The maximum Gasteiger partial charge on any atom is 0.322 e. The van der Waals surface area contributed by atoms with Gasteiger partial charge in [-0.15, -0.1) is 0 Å². The van der Waals surface area contributed by atoms with Gasteiger partial charge in [0.2, 0.25) is 0 Å². The van der Waals surface area contributed by atoms with E-state index in [0.717, 1.165) is 29.6 Å². The van der Waals surface area contributed by atoms with Gasteiger partial charge in [-0.2, -0.15) is 0 Å². The van der Waals surface area contributed by atoms with Crippen LogP contribution in [0.3, 0.4) is 0 Å². The fourth-order valence-electron chi connectivity index (χ4n) is 3.37. The van der Waals surface area contributed by atoms with E-state index in [9.17, 15) is 13.6 Å². The third-order valence-electron chi connectivity index (χ3n) is 4.50. The minimum atomic E-state index is -0.651. The Kier molecular flexibility index (Phi) is 4.30. The molecule has 2 heterocycles. The molecule has 128 valence electrons. The van der Waals surface area contributed by atoms with E-state index in [-0.39, 0.29) is 17.6 Å². The summed E-state index contributed by atoms with van der Waals surface area (Å²) in [6.45, 7) is 7.35. The largest absolute Gasteiger partial charge is 0.345 e. The average Bonchev–Trinajstić information content (AvgIpc) is 2.91. The molecule has 1 aromatic heterocycles. The van der Waals surface area contributed by atoms with Crippen LogP contribution in [-0.2, 0) is 6.54 Å². The number of carbonyl (C=O) groups excluding carboxylic acids is 1. The van der Waals surface area contributed by atoms with Gasteiger partial charge in [-0.3, -0.25) is 0 Å². The van der Waals surface area contributed by atoms with Crippen LogP contribution in [0, 0.1) is 24.5 Å². The highest BCUT2D eigenvalue weighted by Gasteiger charge is 2.34. The molecule has 0 radical (unpaired) electrons. The smallest absolute Gasteiger partial charge is 0.322 e. The van der Waals surface area contributed by atoms with Crippen LogP contribution < -0.4 is 5.32 Å². The van der Waals surface area contributed by atoms with Gasteiger partial charge >= 0.3 is 6.03 Å². The first kappa shape index (κ1) is 16.5. The molecule has 1 atom stereocenters. The van der Waals surface area contributed by atoms with Gasteiger partial charge in [-0.1, -0.05) is 13.8 Å². The molecule has 0 unspecified atom stereocenters. The summed E-state index contributed by atoms with van der Waals surface area (Å²) < 4.78 is 29.3. The van der Waals surface area contributed by atoms with Gasteiger partial charge in [-0.05, 0) is 37.1 Å². The van der Waals surface area contributed by atoms with Gasteiger partial charge in [0.15, 0.2) is 0 Å². The molecule has 0 bridgehead atoms. The van der Waals surface area contributed by atoms with Crippen LogP contribution in [-0.4, -0.2) is 22.0 Å². The quantitative estimate of drug-likeness (QED) is 0.873. The number of aromatic nitrogens is 1. The number of nitrogens with one attached hydrogen (secondary N) is 1. The lowest BCUT2D eigenvalue weighted by molar-refractivity contribution is 0.143. The van der Waals surface area contributed by atoms with Gasteiger partial charge in [0.05, 0.1) is 11.7 Å². The molecular formula is C18H21F2N3O. The molecule has 0 spiro atoms. The molecule has 0 fully saturated rings. The predicted octanol–water partition coefficient (Wildman–Crippen LogP) is 4.32. The van der Waals surface area contributed by atoms with Crippen molar-refractivity contribution in [3.05, 3.63) is 53.4 Å². The summed E-state index contributed by atoms with van der Waals surface area (Å²) in [6.07, 6.45) is 0. The molecule has 1 aromatic carbocycles. The number of nitrogens with zero attached hydrogens (tertiary/aromatic N) is 2. The van der Waals surface area contributed by atoms with Crippen molar-refractivity contribution >= 4 is 11.7 Å². The Morgan fingerprint density at radius 3 is 2.67 bits per heavy atom. The van der Waals surface area contributed by atoms with E-state index in [1.54, 1.807) is 4.90 Å². The van der Waals surface area contributed by atoms with E-state index < -0.39 is 17.7 Å². The second-order valence-electron chi connectivity index (χ2n) is 6.49. The van der Waals surface area contributed by atoms with Crippen molar-refractivity contribution in [2.24, 2.45) is 5.92 Å². The van der Waals surface area contributed by atoms with Crippen molar-refractivity contribution in [3.63, 3.8) is 0 Å². The number of hydrogen-bond acceptors (Lipinski definition) is 1. The number of urea groups is 1. The molecule has 0 aliphatic carbocycles. The lowest BCUT2D eigenvalue weighted by atomic mass is 9.97. The Morgan fingerprint density at radius 1 is 1.21 bits per heavy atom. The van der Waals surface area contributed by atoms with Gasteiger partial charge in [-0.25, -0.2) is 13.6 Å². The third-order valence-corrected chi connectivity index (χ3v) is 4.50. The van der Waals surface area contributed by atoms with Crippen molar-refractivity contribution in [1.29, 1.82) is 0 Å². The number of benzene rings is 1. The molecule has 0 saturated heterocycles. The molecule has 0 saturated carbocycles. The van der Waals surface area contributed by atoms with Gasteiger partial charge < -0.3 is 14.8 Å². The van der Waals surface area contributed by atoms with Crippen molar-refractivity contribution in [1.82, 2.24) is 9.47 Å². The zero-order valence-electron chi connectivity index (χ0n) is 14.0. The summed E-state index contributed by atoms with van der Waals surface area (Å²) in [5, 5.41) is 2.51. The van der Waals surface area contributed by atoms with Gasteiger partial charge in [0, 0.05) is 30.5 Å². The summed E-state index contributed by atoms with van der Waals surface area (Å²) in [6, 6.07) is 6.58. The highest BCUT2D eigenvalue weighted by atomic mass is 19.1. The van der Waals surface area contributed by atoms with Crippen LogP contribution >= 0.6 is 0 Å². The molecule has 1 aliphatic heterocycles. The van der Waals surface area contributed by atoms with E-state index in [1.165, 1.54) is 0 Å². The van der Waals surface area contributed by atoms with E-state index in [0.29, 0.717) is 13.1 Å². The SMILES string of the molecule is Cc1ccc2n1CCN(C(=O)Nc1cc(F)ccc1F)[C@H]2C(C)C. The van der Waals surface area contributed by atoms with E-state index in [2.05, 4.69) is 9.88 Å². The molecule has 2 aromatic rings. The molecule has 1 aliphatic rings. The second-order valence-corrected chi connectivity index (χ2v) is 6.49.